The van der Waals surface area contributed by atoms with Crippen LogP contribution in [0.5, 0.6) is 5.75 Å². The van der Waals surface area contributed by atoms with Gasteiger partial charge in [0.2, 0.25) is 0 Å². The van der Waals surface area contributed by atoms with Crippen LogP contribution in [0.2, 0.25) is 0 Å². The van der Waals surface area contributed by atoms with Crippen molar-refractivity contribution in [2.45, 2.75) is 20.3 Å². The maximum Gasteiger partial charge on any atom is 0.160 e. The van der Waals surface area contributed by atoms with Gasteiger partial charge in [0.05, 0.1) is 12.7 Å². The van der Waals surface area contributed by atoms with Crippen LogP contribution in [0.1, 0.15) is 35.3 Å². The fourth-order valence-electron chi connectivity index (χ4n) is 1.63. The van der Waals surface area contributed by atoms with Crippen LogP contribution >= 0.6 is 0 Å². The topological polar surface area (TPSA) is 50.1 Å². The van der Waals surface area contributed by atoms with Crippen LogP contribution in [0.15, 0.2) is 12.1 Å². The highest BCUT2D eigenvalue weighted by molar-refractivity contribution is 5.96. The van der Waals surface area contributed by atoms with Crippen molar-refractivity contribution in [1.82, 2.24) is 0 Å². The molecule has 0 unspecified atom stereocenters. The lowest BCUT2D eigenvalue weighted by Crippen LogP contribution is -2.03. The van der Waals surface area contributed by atoms with Gasteiger partial charge < -0.3 is 4.74 Å². The molecule has 0 aliphatic rings. The third-order valence-electron chi connectivity index (χ3n) is 2.32. The SMILES string of the molecule is CCc1c(C(C)=O)ccc(C#N)c1OC. The second-order valence-corrected chi connectivity index (χ2v) is 3.19. The second kappa shape index (κ2) is 4.61. The van der Waals surface area contributed by atoms with Gasteiger partial charge in [-0.3, -0.25) is 4.79 Å². The molecule has 1 rings (SSSR count). The lowest BCUT2D eigenvalue weighted by Gasteiger charge is -2.11. The molecule has 0 aliphatic carbocycles. The first-order chi connectivity index (χ1) is 7.15. The molecule has 0 heterocycles. The highest BCUT2D eigenvalue weighted by Crippen LogP contribution is 2.27. The first-order valence-electron chi connectivity index (χ1n) is 4.76. The number of rotatable bonds is 3. The quantitative estimate of drug-likeness (QED) is 0.708. The minimum absolute atomic E-state index is 0.00496. The van der Waals surface area contributed by atoms with E-state index in [0.717, 1.165) is 5.56 Å². The van der Waals surface area contributed by atoms with E-state index in [-0.39, 0.29) is 5.78 Å². The van der Waals surface area contributed by atoms with Gasteiger partial charge in [-0.05, 0) is 25.5 Å². The number of nitrogens with zero attached hydrogens (tertiary/aromatic N) is 1. The fraction of sp³-hybridized carbons (Fsp3) is 0.333. The Labute approximate surface area is 89.3 Å². The van der Waals surface area contributed by atoms with Gasteiger partial charge in [-0.2, -0.15) is 5.26 Å². The number of carbonyl (C=O) groups excluding carboxylic acids is 1. The van der Waals surface area contributed by atoms with Crippen LogP contribution in [-0.2, 0) is 6.42 Å². The monoisotopic (exact) mass is 203 g/mol. The van der Waals surface area contributed by atoms with Crippen LogP contribution in [0.3, 0.4) is 0 Å². The zero-order chi connectivity index (χ0) is 11.4. The molecular formula is C12H13NO2. The number of benzene rings is 1. The summed E-state index contributed by atoms with van der Waals surface area (Å²) in [5.74, 6) is 0.516. The van der Waals surface area contributed by atoms with Gasteiger partial charge in [-0.25, -0.2) is 0 Å². The van der Waals surface area contributed by atoms with E-state index in [4.69, 9.17) is 10.00 Å². The zero-order valence-electron chi connectivity index (χ0n) is 9.13. The standard InChI is InChI=1S/C12H13NO2/c1-4-10-11(8(2)14)6-5-9(7-13)12(10)15-3/h5-6H,4H2,1-3H3. The molecule has 1 aromatic carbocycles. The number of nitriles is 1. The first kappa shape index (κ1) is 11.3. The summed E-state index contributed by atoms with van der Waals surface area (Å²) < 4.78 is 5.17. The van der Waals surface area contributed by atoms with Gasteiger partial charge in [0.25, 0.3) is 0 Å². The lowest BCUT2D eigenvalue weighted by molar-refractivity contribution is 0.101. The molecule has 15 heavy (non-hydrogen) atoms. The average Bonchev–Trinajstić information content (AvgIpc) is 2.26. The van der Waals surface area contributed by atoms with Gasteiger partial charge in [0.15, 0.2) is 5.78 Å². The van der Waals surface area contributed by atoms with Crippen LogP contribution in [-0.4, -0.2) is 12.9 Å². The molecule has 0 aliphatic heterocycles. The number of hydrogen-bond acceptors (Lipinski definition) is 3. The van der Waals surface area contributed by atoms with Gasteiger partial charge >= 0.3 is 0 Å². The van der Waals surface area contributed by atoms with Crippen molar-refractivity contribution in [3.63, 3.8) is 0 Å². The number of methoxy groups -OCH3 is 1. The predicted octanol–water partition coefficient (Wildman–Crippen LogP) is 2.33. The van der Waals surface area contributed by atoms with E-state index in [0.29, 0.717) is 23.3 Å². The molecule has 78 valence electrons. The van der Waals surface area contributed by atoms with Crippen LogP contribution < -0.4 is 4.74 Å². The largest absolute Gasteiger partial charge is 0.495 e. The Hall–Kier alpha value is -1.82. The van der Waals surface area contributed by atoms with Gasteiger partial charge in [-0.15, -0.1) is 0 Å². The smallest absolute Gasteiger partial charge is 0.160 e. The molecule has 0 spiro atoms. The molecule has 0 radical (unpaired) electrons. The van der Waals surface area contributed by atoms with E-state index in [1.807, 2.05) is 6.92 Å². The predicted molar refractivity (Wildman–Crippen MR) is 57.1 cm³/mol. The van der Waals surface area contributed by atoms with Gasteiger partial charge in [0, 0.05) is 11.1 Å². The number of ether oxygens (including phenoxy) is 1. The number of hydrogen-bond donors (Lipinski definition) is 0. The molecule has 3 heteroatoms. The Bertz CT molecular complexity index is 430. The van der Waals surface area contributed by atoms with E-state index < -0.39 is 0 Å². The Kier molecular flexibility index (Phi) is 3.46. The van der Waals surface area contributed by atoms with Crippen molar-refractivity contribution in [2.24, 2.45) is 0 Å². The summed E-state index contributed by atoms with van der Waals surface area (Å²) >= 11 is 0. The van der Waals surface area contributed by atoms with Crippen molar-refractivity contribution in [3.05, 3.63) is 28.8 Å². The average molecular weight is 203 g/mol. The molecule has 0 bridgehead atoms. The van der Waals surface area contributed by atoms with Crippen molar-refractivity contribution in [2.75, 3.05) is 7.11 Å². The summed E-state index contributed by atoms with van der Waals surface area (Å²) in [6, 6.07) is 5.35. The first-order valence-corrected chi connectivity index (χ1v) is 4.76. The molecule has 0 saturated heterocycles. The molecule has 0 amide bonds. The molecule has 0 atom stereocenters. The summed E-state index contributed by atoms with van der Waals surface area (Å²) in [7, 11) is 1.51. The third-order valence-corrected chi connectivity index (χ3v) is 2.32. The summed E-state index contributed by atoms with van der Waals surface area (Å²) in [5, 5.41) is 8.88. The summed E-state index contributed by atoms with van der Waals surface area (Å²) in [6.07, 6.45) is 0.674. The second-order valence-electron chi connectivity index (χ2n) is 3.19. The van der Waals surface area contributed by atoms with Crippen LogP contribution in [0.25, 0.3) is 0 Å². The minimum atomic E-state index is -0.00496. The molecule has 0 N–H and O–H groups in total. The molecule has 0 aromatic heterocycles. The van der Waals surface area contributed by atoms with E-state index in [9.17, 15) is 4.79 Å². The Morgan fingerprint density at radius 2 is 2.20 bits per heavy atom. The van der Waals surface area contributed by atoms with Crippen LogP contribution in [0, 0.1) is 11.3 Å². The molecule has 3 nitrogen and oxygen atoms in total. The summed E-state index contributed by atoms with van der Waals surface area (Å²) in [6.45, 7) is 3.45. The number of ketones is 1. The highest BCUT2D eigenvalue weighted by Gasteiger charge is 2.14. The number of carbonyl (C=O) groups is 1. The third kappa shape index (κ3) is 1.99. The Balaban J connectivity index is 3.49. The maximum atomic E-state index is 11.4. The van der Waals surface area contributed by atoms with Crippen molar-refractivity contribution in [3.8, 4) is 11.8 Å². The van der Waals surface area contributed by atoms with E-state index in [2.05, 4.69) is 6.07 Å². The molecule has 1 aromatic rings. The number of Topliss-reactive ketones (excluding diaryl/α,β-unsaturated/α-hetero) is 1. The van der Waals surface area contributed by atoms with Gasteiger partial charge in [0.1, 0.15) is 11.8 Å². The molecule has 0 saturated carbocycles. The summed E-state index contributed by atoms with van der Waals surface area (Å²) in [4.78, 5) is 11.4. The Morgan fingerprint density at radius 1 is 1.53 bits per heavy atom. The lowest BCUT2D eigenvalue weighted by atomic mass is 9.98. The van der Waals surface area contributed by atoms with Crippen molar-refractivity contribution < 1.29 is 9.53 Å². The van der Waals surface area contributed by atoms with Crippen LogP contribution in [0.4, 0.5) is 0 Å². The Morgan fingerprint density at radius 3 is 2.60 bits per heavy atom. The summed E-state index contributed by atoms with van der Waals surface area (Å²) in [5.41, 5.74) is 1.91. The fourth-order valence-corrected chi connectivity index (χ4v) is 1.63. The van der Waals surface area contributed by atoms with E-state index >= 15 is 0 Å². The van der Waals surface area contributed by atoms with Crippen molar-refractivity contribution >= 4 is 5.78 Å². The normalized spacial score (nSPS) is 9.47. The van der Waals surface area contributed by atoms with E-state index in [1.165, 1.54) is 14.0 Å². The highest BCUT2D eigenvalue weighted by atomic mass is 16.5. The zero-order valence-corrected chi connectivity index (χ0v) is 9.13. The molecular weight excluding hydrogens is 190 g/mol. The van der Waals surface area contributed by atoms with E-state index in [1.54, 1.807) is 12.1 Å². The molecule has 0 fully saturated rings. The van der Waals surface area contributed by atoms with Crippen molar-refractivity contribution in [1.29, 1.82) is 5.26 Å². The van der Waals surface area contributed by atoms with Gasteiger partial charge in [-0.1, -0.05) is 6.92 Å². The maximum absolute atomic E-state index is 11.4. The minimum Gasteiger partial charge on any atom is -0.495 e.